The van der Waals surface area contributed by atoms with E-state index in [9.17, 15) is 0 Å². The molecular weight excluding hydrogens is 530 g/mol. The molecule has 3 heterocycles. The molecular formula is C29H30BrN5S. The van der Waals surface area contributed by atoms with Gasteiger partial charge in [-0.05, 0) is 96.4 Å². The third-order valence-corrected chi connectivity index (χ3v) is 7.78. The summed E-state index contributed by atoms with van der Waals surface area (Å²) in [7, 11) is 0. The number of rotatable bonds is 8. The molecule has 5 nitrogen and oxygen atoms in total. The molecule has 0 saturated carbocycles. The number of hydrogen-bond acceptors (Lipinski definition) is 3. The molecule has 2 atom stereocenters. The van der Waals surface area contributed by atoms with Crippen molar-refractivity contribution < 1.29 is 0 Å². The van der Waals surface area contributed by atoms with Gasteiger partial charge >= 0.3 is 0 Å². The van der Waals surface area contributed by atoms with Crippen molar-refractivity contribution in [3.8, 4) is 5.69 Å². The highest BCUT2D eigenvalue weighted by Crippen LogP contribution is 2.41. The van der Waals surface area contributed by atoms with Gasteiger partial charge in [0.15, 0.2) is 5.11 Å². The van der Waals surface area contributed by atoms with E-state index in [-0.39, 0.29) is 12.1 Å². The average Bonchev–Trinajstić information content (AvgIpc) is 3.38. The fourth-order valence-electron chi connectivity index (χ4n) is 5.11. The molecule has 1 fully saturated rings. The second kappa shape index (κ2) is 10.8. The Hall–Kier alpha value is -3.16. The van der Waals surface area contributed by atoms with Gasteiger partial charge in [-0.25, -0.2) is 0 Å². The molecule has 5 rings (SSSR count). The maximum atomic E-state index is 5.89. The van der Waals surface area contributed by atoms with Crippen molar-refractivity contribution in [2.75, 3.05) is 18.4 Å². The van der Waals surface area contributed by atoms with Gasteiger partial charge in [-0.1, -0.05) is 36.4 Å². The Kier molecular flexibility index (Phi) is 7.39. The second-order valence-electron chi connectivity index (χ2n) is 9.08. The van der Waals surface area contributed by atoms with Gasteiger partial charge in [0.2, 0.25) is 0 Å². The van der Waals surface area contributed by atoms with Gasteiger partial charge in [0.05, 0.1) is 23.5 Å². The van der Waals surface area contributed by atoms with Gasteiger partial charge in [-0.15, -0.1) is 0 Å². The third-order valence-electron chi connectivity index (χ3n) is 6.76. The van der Waals surface area contributed by atoms with Crippen LogP contribution >= 0.6 is 28.1 Å². The number of thiocarbonyl (C=S) groups is 1. The van der Waals surface area contributed by atoms with Gasteiger partial charge in [0, 0.05) is 40.8 Å². The molecule has 4 aromatic rings. The molecule has 0 amide bonds. The van der Waals surface area contributed by atoms with Crippen molar-refractivity contribution >= 4 is 38.9 Å². The van der Waals surface area contributed by atoms with Crippen LogP contribution in [0.5, 0.6) is 0 Å². The molecule has 2 aromatic heterocycles. The fraction of sp³-hybridized carbons (Fsp3) is 0.241. The number of pyridine rings is 1. The molecule has 2 N–H and O–H groups in total. The van der Waals surface area contributed by atoms with Crippen molar-refractivity contribution in [3.63, 3.8) is 0 Å². The van der Waals surface area contributed by atoms with Gasteiger partial charge in [-0.2, -0.15) is 0 Å². The van der Waals surface area contributed by atoms with Crippen molar-refractivity contribution in [2.24, 2.45) is 0 Å². The first-order valence-electron chi connectivity index (χ1n) is 12.3. The lowest BCUT2D eigenvalue weighted by Crippen LogP contribution is -2.31. The normalized spacial score (nSPS) is 17.3. The van der Waals surface area contributed by atoms with Crippen LogP contribution in [0.2, 0.25) is 0 Å². The van der Waals surface area contributed by atoms with E-state index in [1.807, 2.05) is 30.5 Å². The summed E-state index contributed by atoms with van der Waals surface area (Å²) in [6, 6.07) is 27.1. The molecule has 7 heteroatoms. The molecule has 2 aromatic carbocycles. The van der Waals surface area contributed by atoms with E-state index >= 15 is 0 Å². The third kappa shape index (κ3) is 4.90. The van der Waals surface area contributed by atoms with E-state index < -0.39 is 0 Å². The number of anilines is 1. The first-order chi connectivity index (χ1) is 17.5. The van der Waals surface area contributed by atoms with Gasteiger partial charge in [0.1, 0.15) is 0 Å². The summed E-state index contributed by atoms with van der Waals surface area (Å²) in [5.41, 5.74) is 6.95. The summed E-state index contributed by atoms with van der Waals surface area (Å²) in [5, 5.41) is 7.89. The zero-order valence-corrected chi connectivity index (χ0v) is 22.9. The first kappa shape index (κ1) is 24.5. The van der Waals surface area contributed by atoms with Crippen molar-refractivity contribution in [1.29, 1.82) is 0 Å². The second-order valence-corrected chi connectivity index (χ2v) is 10.3. The van der Waals surface area contributed by atoms with E-state index in [2.05, 4.69) is 104 Å². The minimum absolute atomic E-state index is 0.0195. The monoisotopic (exact) mass is 559 g/mol. The van der Waals surface area contributed by atoms with Crippen molar-refractivity contribution in [2.45, 2.75) is 32.4 Å². The van der Waals surface area contributed by atoms with Crippen LogP contribution < -0.4 is 10.6 Å². The van der Waals surface area contributed by atoms with E-state index in [1.54, 1.807) is 0 Å². The maximum absolute atomic E-state index is 5.89. The molecule has 36 heavy (non-hydrogen) atoms. The van der Waals surface area contributed by atoms with Crippen molar-refractivity contribution in [3.05, 3.63) is 112 Å². The number of nitrogens with zero attached hydrogens (tertiary/aromatic N) is 3. The molecule has 0 unspecified atom stereocenters. The highest BCUT2D eigenvalue weighted by Gasteiger charge is 2.41. The minimum Gasteiger partial charge on any atom is -0.385 e. The topological polar surface area (TPSA) is 45.1 Å². The lowest BCUT2D eigenvalue weighted by atomic mass is 9.96. The van der Waals surface area contributed by atoms with Crippen LogP contribution in [-0.2, 0) is 0 Å². The summed E-state index contributed by atoms with van der Waals surface area (Å²) in [6.07, 6.45) is 2.82. The number of halogens is 1. The number of benzene rings is 2. The van der Waals surface area contributed by atoms with Crippen molar-refractivity contribution in [1.82, 2.24) is 19.8 Å². The maximum Gasteiger partial charge on any atom is 0.170 e. The molecule has 0 radical (unpaired) electrons. The van der Waals surface area contributed by atoms with Crippen LogP contribution in [0.3, 0.4) is 0 Å². The van der Waals surface area contributed by atoms with E-state index in [4.69, 9.17) is 17.2 Å². The number of nitrogens with one attached hydrogen (secondary N) is 2. The summed E-state index contributed by atoms with van der Waals surface area (Å²) in [5.74, 6) is 0. The number of aromatic nitrogens is 2. The lowest BCUT2D eigenvalue weighted by molar-refractivity contribution is 0.315. The van der Waals surface area contributed by atoms with E-state index in [1.165, 1.54) is 17.0 Å². The Morgan fingerprint density at radius 2 is 1.75 bits per heavy atom. The molecule has 0 spiro atoms. The summed E-state index contributed by atoms with van der Waals surface area (Å²) < 4.78 is 3.40. The highest BCUT2D eigenvalue weighted by molar-refractivity contribution is 9.10. The standard InChI is InChI=1S/C29H30BrN5S/c1-20-19-23(21(2)35(20)26-15-7-6-13-24(26)30)28-27(25-14-8-9-16-32-25)33-29(36)34(28)18-10-17-31-22-11-4-3-5-12-22/h3-9,11-16,19,27-28,31H,10,17-18H2,1-2H3,(H,33,36)/t27-,28-/m1/s1. The van der Waals surface area contributed by atoms with Crippen LogP contribution in [0.15, 0.2) is 89.5 Å². The molecule has 1 saturated heterocycles. The number of aryl methyl sites for hydroxylation is 1. The Labute approximate surface area is 226 Å². The summed E-state index contributed by atoms with van der Waals surface area (Å²) >= 11 is 9.63. The Bertz CT molecular complexity index is 1340. The predicted molar refractivity (Wildman–Crippen MR) is 155 cm³/mol. The van der Waals surface area contributed by atoms with Crippen LogP contribution in [0.1, 0.15) is 41.1 Å². The van der Waals surface area contributed by atoms with E-state index in [0.29, 0.717) is 0 Å². The molecule has 1 aliphatic heterocycles. The van der Waals surface area contributed by atoms with E-state index in [0.717, 1.165) is 46.2 Å². The molecule has 184 valence electrons. The molecule has 1 aliphatic rings. The lowest BCUT2D eigenvalue weighted by Gasteiger charge is -2.28. The zero-order valence-electron chi connectivity index (χ0n) is 20.5. The quantitative estimate of drug-likeness (QED) is 0.185. The predicted octanol–water partition coefficient (Wildman–Crippen LogP) is 6.73. The Morgan fingerprint density at radius 3 is 2.50 bits per heavy atom. The zero-order chi connectivity index (χ0) is 25.1. The number of para-hydroxylation sites is 2. The van der Waals surface area contributed by atoms with Gasteiger partial charge in [-0.3, -0.25) is 4.98 Å². The molecule has 0 aliphatic carbocycles. The Morgan fingerprint density at radius 1 is 1.00 bits per heavy atom. The van der Waals surface area contributed by atoms with Crippen LogP contribution in [0.25, 0.3) is 5.69 Å². The number of hydrogen-bond donors (Lipinski definition) is 2. The SMILES string of the molecule is Cc1cc([C@@H]2[C@@H](c3ccccn3)NC(=S)N2CCCNc2ccccc2)c(C)n1-c1ccccc1Br. The largest absolute Gasteiger partial charge is 0.385 e. The minimum atomic E-state index is -0.0195. The highest BCUT2D eigenvalue weighted by atomic mass is 79.9. The van der Waals surface area contributed by atoms with Crippen LogP contribution in [-0.4, -0.2) is 32.7 Å². The van der Waals surface area contributed by atoms with Gasteiger partial charge < -0.3 is 20.1 Å². The summed E-state index contributed by atoms with van der Waals surface area (Å²) in [4.78, 5) is 7.04. The molecule has 0 bridgehead atoms. The van der Waals surface area contributed by atoms with Crippen LogP contribution in [0.4, 0.5) is 5.69 Å². The van der Waals surface area contributed by atoms with Gasteiger partial charge in [0.25, 0.3) is 0 Å². The Balaban J connectivity index is 1.46. The smallest absolute Gasteiger partial charge is 0.170 e. The first-order valence-corrected chi connectivity index (χ1v) is 13.5. The average molecular weight is 561 g/mol. The summed E-state index contributed by atoms with van der Waals surface area (Å²) in [6.45, 7) is 6.09. The van der Waals surface area contributed by atoms with Crippen LogP contribution in [0, 0.1) is 13.8 Å². The fourth-order valence-corrected chi connectivity index (χ4v) is 5.91.